The largest absolute Gasteiger partial charge is 0.435 e. The van der Waals surface area contributed by atoms with Crippen LogP contribution >= 0.6 is 0 Å². The third-order valence-electron chi connectivity index (χ3n) is 7.16. The predicted octanol–water partition coefficient (Wildman–Crippen LogP) is 8.75. The Labute approximate surface area is 280 Å². The Hall–Kier alpha value is -5.85. The SMILES string of the molecule is O=S(=O)(Nc1ccc(-n2nc(C(F)(F)F)cc2-c2ccc(F)c(F)c2)cc1)Nc1ccc(-n2nc(C(F)(F)F)cc2-c2ccc(F)c(F)c2)cc1. The van der Waals surface area contributed by atoms with Crippen molar-refractivity contribution in [3.05, 3.63) is 132 Å². The van der Waals surface area contributed by atoms with Gasteiger partial charge in [-0.3, -0.25) is 9.44 Å². The van der Waals surface area contributed by atoms with Crippen LogP contribution in [0.4, 0.5) is 55.3 Å². The summed E-state index contributed by atoms with van der Waals surface area (Å²) in [5.74, 6) is -5.03. The molecule has 0 spiro atoms. The summed E-state index contributed by atoms with van der Waals surface area (Å²) in [6.45, 7) is 0. The van der Waals surface area contributed by atoms with Crippen molar-refractivity contribution in [1.82, 2.24) is 19.6 Å². The summed E-state index contributed by atoms with van der Waals surface area (Å²) in [7, 11) is -4.39. The normalized spacial score (nSPS) is 12.3. The molecular formula is C32H18F10N6O2S. The molecule has 0 saturated carbocycles. The maximum atomic E-state index is 13.9. The second kappa shape index (κ2) is 12.8. The second-order valence-electron chi connectivity index (χ2n) is 10.7. The molecule has 0 radical (unpaired) electrons. The molecule has 0 atom stereocenters. The Bertz CT molecular complexity index is 2190. The molecule has 0 aliphatic rings. The second-order valence-corrected chi connectivity index (χ2v) is 12.1. The molecule has 264 valence electrons. The van der Waals surface area contributed by atoms with Gasteiger partial charge in [0.15, 0.2) is 34.7 Å². The zero-order valence-electron chi connectivity index (χ0n) is 25.0. The van der Waals surface area contributed by atoms with Gasteiger partial charge in [-0.2, -0.15) is 45.0 Å². The monoisotopic (exact) mass is 740 g/mol. The van der Waals surface area contributed by atoms with Crippen LogP contribution in [-0.2, 0) is 22.6 Å². The fraction of sp³-hybridized carbons (Fsp3) is 0.0625. The van der Waals surface area contributed by atoms with Gasteiger partial charge in [-0.15, -0.1) is 0 Å². The molecule has 19 heteroatoms. The van der Waals surface area contributed by atoms with Gasteiger partial charge in [0.2, 0.25) is 0 Å². The van der Waals surface area contributed by atoms with Crippen molar-refractivity contribution >= 4 is 21.6 Å². The molecule has 0 aliphatic carbocycles. The number of aromatic nitrogens is 4. The molecule has 0 unspecified atom stereocenters. The molecule has 0 aliphatic heterocycles. The molecule has 0 bridgehead atoms. The van der Waals surface area contributed by atoms with Crippen molar-refractivity contribution in [2.75, 3.05) is 9.44 Å². The lowest BCUT2D eigenvalue weighted by Crippen LogP contribution is -2.21. The van der Waals surface area contributed by atoms with E-state index in [1.54, 1.807) is 0 Å². The summed E-state index contributed by atoms with van der Waals surface area (Å²) in [6, 6.07) is 15.9. The van der Waals surface area contributed by atoms with Gasteiger partial charge in [0, 0.05) is 11.1 Å². The first-order chi connectivity index (χ1) is 23.9. The molecule has 2 aromatic heterocycles. The zero-order valence-corrected chi connectivity index (χ0v) is 25.8. The van der Waals surface area contributed by atoms with Crippen molar-refractivity contribution in [2.24, 2.45) is 0 Å². The van der Waals surface area contributed by atoms with E-state index < -0.39 is 57.2 Å². The van der Waals surface area contributed by atoms with E-state index >= 15 is 0 Å². The highest BCUT2D eigenvalue weighted by molar-refractivity contribution is 7.94. The van der Waals surface area contributed by atoms with Gasteiger partial charge in [-0.25, -0.2) is 26.9 Å². The summed E-state index contributed by atoms with van der Waals surface area (Å²) < 4.78 is 167. The summed E-state index contributed by atoms with van der Waals surface area (Å²) in [4.78, 5) is 0. The number of halogens is 10. The number of benzene rings is 4. The molecule has 8 nitrogen and oxygen atoms in total. The summed E-state index contributed by atoms with van der Waals surface area (Å²) in [5.41, 5.74) is -3.47. The van der Waals surface area contributed by atoms with Crippen LogP contribution in [0.1, 0.15) is 11.4 Å². The van der Waals surface area contributed by atoms with E-state index in [0.717, 1.165) is 33.6 Å². The van der Waals surface area contributed by atoms with Crippen LogP contribution in [0.5, 0.6) is 0 Å². The van der Waals surface area contributed by atoms with Crippen molar-refractivity contribution in [2.45, 2.75) is 12.4 Å². The van der Waals surface area contributed by atoms with E-state index in [2.05, 4.69) is 19.6 Å². The standard InChI is InChI=1S/C32H18F10N6O2S/c33-23-11-1-17(13-25(23)35)27-15-29(31(37,38)39)43-47(27)21-7-3-19(4-8-21)45-51(49,50)46-20-5-9-22(10-6-20)48-28(16-30(44-48)32(40,41)42)18-2-12-24(34)26(36)14-18/h1-16,45-46H. The summed E-state index contributed by atoms with van der Waals surface area (Å²) in [5, 5.41) is 7.09. The van der Waals surface area contributed by atoms with Gasteiger partial charge in [0.1, 0.15) is 0 Å². The highest BCUT2D eigenvalue weighted by Crippen LogP contribution is 2.35. The summed E-state index contributed by atoms with van der Waals surface area (Å²) >= 11 is 0. The first-order valence-corrected chi connectivity index (χ1v) is 15.6. The van der Waals surface area contributed by atoms with E-state index in [4.69, 9.17) is 0 Å². The molecule has 6 aromatic rings. The van der Waals surface area contributed by atoms with Crippen molar-refractivity contribution in [1.29, 1.82) is 0 Å². The highest BCUT2D eigenvalue weighted by atomic mass is 32.2. The van der Waals surface area contributed by atoms with Crippen LogP contribution in [0.3, 0.4) is 0 Å². The van der Waals surface area contributed by atoms with Gasteiger partial charge < -0.3 is 0 Å². The average Bonchev–Trinajstić information content (AvgIpc) is 3.71. The van der Waals surface area contributed by atoms with Gasteiger partial charge >= 0.3 is 22.6 Å². The van der Waals surface area contributed by atoms with Gasteiger partial charge in [0.05, 0.1) is 34.1 Å². The fourth-order valence-corrected chi connectivity index (χ4v) is 5.78. The van der Waals surface area contributed by atoms with Crippen LogP contribution in [0.15, 0.2) is 97.1 Å². The minimum Gasteiger partial charge on any atom is -0.267 e. The Balaban J connectivity index is 1.22. The minimum absolute atomic E-state index is 0.00627. The number of hydrogen-bond donors (Lipinski definition) is 2. The van der Waals surface area contributed by atoms with Crippen LogP contribution in [-0.4, -0.2) is 28.0 Å². The molecule has 0 fully saturated rings. The molecule has 4 aromatic carbocycles. The quantitative estimate of drug-likeness (QED) is 0.153. The molecule has 6 rings (SSSR count). The van der Waals surface area contributed by atoms with Crippen LogP contribution in [0.2, 0.25) is 0 Å². The van der Waals surface area contributed by atoms with Crippen LogP contribution in [0, 0.1) is 23.3 Å². The molecule has 0 amide bonds. The Morgan fingerprint density at radius 2 is 0.843 bits per heavy atom. The van der Waals surface area contributed by atoms with Crippen molar-refractivity contribution in [3.63, 3.8) is 0 Å². The van der Waals surface area contributed by atoms with Crippen LogP contribution < -0.4 is 9.44 Å². The Morgan fingerprint density at radius 3 is 1.16 bits per heavy atom. The highest BCUT2D eigenvalue weighted by Gasteiger charge is 2.36. The van der Waals surface area contributed by atoms with E-state index in [1.165, 1.54) is 48.5 Å². The van der Waals surface area contributed by atoms with Gasteiger partial charge in [-0.1, -0.05) is 0 Å². The maximum Gasteiger partial charge on any atom is 0.435 e. The maximum absolute atomic E-state index is 13.9. The lowest BCUT2D eigenvalue weighted by Gasteiger charge is -2.13. The molecule has 2 heterocycles. The number of nitrogens with one attached hydrogen (secondary N) is 2. The van der Waals surface area contributed by atoms with E-state index in [1.807, 2.05) is 0 Å². The lowest BCUT2D eigenvalue weighted by molar-refractivity contribution is -0.142. The number of anilines is 2. The zero-order chi connectivity index (χ0) is 36.9. The van der Waals surface area contributed by atoms with E-state index in [9.17, 15) is 52.3 Å². The minimum atomic E-state index is -4.88. The molecule has 2 N–H and O–H groups in total. The molecular weight excluding hydrogens is 722 g/mol. The number of rotatable bonds is 8. The molecule has 51 heavy (non-hydrogen) atoms. The van der Waals surface area contributed by atoms with Gasteiger partial charge in [-0.05, 0) is 97.1 Å². The number of hydrogen-bond acceptors (Lipinski definition) is 4. The van der Waals surface area contributed by atoms with Crippen molar-refractivity contribution < 1.29 is 52.3 Å². The lowest BCUT2D eigenvalue weighted by atomic mass is 10.1. The van der Waals surface area contributed by atoms with Crippen LogP contribution in [0.25, 0.3) is 33.9 Å². The topological polar surface area (TPSA) is 93.8 Å². The number of nitrogens with zero attached hydrogens (tertiary/aromatic N) is 4. The number of alkyl halides is 6. The van der Waals surface area contributed by atoms with E-state index in [-0.39, 0.29) is 45.3 Å². The third kappa shape index (κ3) is 7.52. The fourth-order valence-electron chi connectivity index (χ4n) is 4.83. The first kappa shape index (κ1) is 35.0. The third-order valence-corrected chi connectivity index (χ3v) is 8.17. The summed E-state index contributed by atoms with van der Waals surface area (Å²) in [6.07, 6.45) is -9.76. The predicted molar refractivity (Wildman–Crippen MR) is 164 cm³/mol. The van der Waals surface area contributed by atoms with E-state index in [0.29, 0.717) is 24.3 Å². The molecule has 0 saturated heterocycles. The van der Waals surface area contributed by atoms with Crippen molar-refractivity contribution in [3.8, 4) is 33.9 Å². The van der Waals surface area contributed by atoms with Gasteiger partial charge in [0.25, 0.3) is 0 Å². The first-order valence-electron chi connectivity index (χ1n) is 14.1. The average molecular weight is 741 g/mol. The Kier molecular flexibility index (Phi) is 8.78. The smallest absolute Gasteiger partial charge is 0.267 e. The Morgan fingerprint density at radius 1 is 0.490 bits per heavy atom.